The van der Waals surface area contributed by atoms with E-state index in [9.17, 15) is 0 Å². The van der Waals surface area contributed by atoms with Crippen molar-refractivity contribution >= 4 is 16.9 Å². The Morgan fingerprint density at radius 1 is 1.06 bits per heavy atom. The lowest BCUT2D eigenvalue weighted by molar-refractivity contribution is 0.322. The summed E-state index contributed by atoms with van der Waals surface area (Å²) >= 11 is 0. The molecule has 8 heteroatoms. The summed E-state index contributed by atoms with van der Waals surface area (Å²) in [5.74, 6) is 2.07. The van der Waals surface area contributed by atoms with Crippen LogP contribution in [0.15, 0.2) is 60.5 Å². The fourth-order valence-corrected chi connectivity index (χ4v) is 4.31. The molecule has 2 aliphatic heterocycles. The maximum Gasteiger partial charge on any atom is 0.132 e. The molecule has 0 radical (unpaired) electrons. The number of likely N-dealkylation sites (tertiary alicyclic amines) is 1. The van der Waals surface area contributed by atoms with Crippen molar-refractivity contribution in [1.29, 1.82) is 0 Å². The zero-order chi connectivity index (χ0) is 22.6. The van der Waals surface area contributed by atoms with Gasteiger partial charge in [-0.3, -0.25) is 15.1 Å². The van der Waals surface area contributed by atoms with Gasteiger partial charge in [0.25, 0.3) is 0 Å². The number of anilines is 1. The summed E-state index contributed by atoms with van der Waals surface area (Å²) in [4.78, 5) is 12.0. The van der Waals surface area contributed by atoms with Crippen molar-refractivity contribution in [2.45, 2.75) is 39.7 Å². The predicted octanol–water partition coefficient (Wildman–Crippen LogP) is 3.88. The average Bonchev–Trinajstić information content (AvgIpc) is 3.51. The molecule has 0 unspecified atom stereocenters. The molecule has 3 aromatic heterocycles. The molecule has 0 aromatic carbocycles. The van der Waals surface area contributed by atoms with Crippen molar-refractivity contribution in [3.8, 4) is 11.1 Å². The number of nitrogens with one attached hydrogen (secondary N) is 3. The van der Waals surface area contributed by atoms with Gasteiger partial charge in [0.1, 0.15) is 11.6 Å². The molecule has 3 aromatic rings. The molecule has 3 N–H and O–H groups in total. The SMILES string of the molecule is CC(C)C1=CNNC(Nc2ccc3ncc(-c4cnn(CCCN5CCCC5)c4)cc3n2)=C1. The Labute approximate surface area is 194 Å². The minimum atomic E-state index is 0.439. The molecule has 0 saturated carbocycles. The number of aromatic nitrogens is 4. The lowest BCUT2D eigenvalue weighted by Crippen LogP contribution is -2.33. The molecule has 0 spiro atoms. The molecule has 1 saturated heterocycles. The van der Waals surface area contributed by atoms with Crippen molar-refractivity contribution in [3.05, 3.63) is 60.5 Å². The standard InChI is InChI=1S/C25H32N8/c1-18(2)19-13-25(31-27-15-19)30-24-7-6-22-23(29-24)12-20(14-26-22)21-16-28-33(17-21)11-5-10-32-8-3-4-9-32/h6-7,12-18,27,31H,3-5,8-11H2,1-2H3,(H,29,30). The monoisotopic (exact) mass is 444 g/mol. The van der Waals surface area contributed by atoms with E-state index in [-0.39, 0.29) is 0 Å². The number of pyridine rings is 2. The molecule has 5 rings (SSSR count). The van der Waals surface area contributed by atoms with Gasteiger partial charge in [-0.05, 0) is 74.7 Å². The van der Waals surface area contributed by atoms with Crippen molar-refractivity contribution in [2.24, 2.45) is 5.92 Å². The topological polar surface area (TPSA) is 82.9 Å². The number of allylic oxidation sites excluding steroid dienone is 2. The number of hydrogen-bond donors (Lipinski definition) is 3. The molecular weight excluding hydrogens is 412 g/mol. The van der Waals surface area contributed by atoms with E-state index in [2.05, 4.69) is 63.3 Å². The number of hydrogen-bond acceptors (Lipinski definition) is 7. The fraction of sp³-hybridized carbons (Fsp3) is 0.400. The Morgan fingerprint density at radius 3 is 2.79 bits per heavy atom. The highest BCUT2D eigenvalue weighted by atomic mass is 15.4. The van der Waals surface area contributed by atoms with Crippen LogP contribution < -0.4 is 16.2 Å². The number of rotatable bonds is 8. The normalized spacial score (nSPS) is 16.5. The van der Waals surface area contributed by atoms with Gasteiger partial charge in [0, 0.05) is 36.3 Å². The molecule has 0 atom stereocenters. The smallest absolute Gasteiger partial charge is 0.132 e. The largest absolute Gasteiger partial charge is 0.325 e. The fourth-order valence-electron chi connectivity index (χ4n) is 4.31. The summed E-state index contributed by atoms with van der Waals surface area (Å²) in [6.45, 7) is 8.93. The summed E-state index contributed by atoms with van der Waals surface area (Å²) in [5.41, 5.74) is 11.3. The van der Waals surface area contributed by atoms with E-state index in [0.717, 1.165) is 53.3 Å². The van der Waals surface area contributed by atoms with Crippen LogP contribution in [0.25, 0.3) is 22.2 Å². The Balaban J connectivity index is 1.28. The van der Waals surface area contributed by atoms with Crippen molar-refractivity contribution in [2.75, 3.05) is 25.0 Å². The van der Waals surface area contributed by atoms with Gasteiger partial charge in [-0.25, -0.2) is 4.98 Å². The summed E-state index contributed by atoms with van der Waals surface area (Å²) in [5, 5.41) is 7.92. The third-order valence-electron chi connectivity index (χ3n) is 6.25. The summed E-state index contributed by atoms with van der Waals surface area (Å²) in [6, 6.07) is 6.02. The molecule has 172 valence electrons. The van der Waals surface area contributed by atoms with Gasteiger partial charge >= 0.3 is 0 Å². The van der Waals surface area contributed by atoms with Gasteiger partial charge in [-0.2, -0.15) is 5.10 Å². The van der Waals surface area contributed by atoms with Crippen molar-refractivity contribution in [1.82, 2.24) is 35.5 Å². The minimum Gasteiger partial charge on any atom is -0.325 e. The van der Waals surface area contributed by atoms with Crippen LogP contribution in [0.1, 0.15) is 33.1 Å². The zero-order valence-electron chi connectivity index (χ0n) is 19.4. The minimum absolute atomic E-state index is 0.439. The highest BCUT2D eigenvalue weighted by Gasteiger charge is 2.12. The van der Waals surface area contributed by atoms with Gasteiger partial charge in [-0.15, -0.1) is 0 Å². The van der Waals surface area contributed by atoms with Gasteiger partial charge < -0.3 is 15.6 Å². The van der Waals surface area contributed by atoms with Crippen LogP contribution in [-0.4, -0.2) is 44.3 Å². The van der Waals surface area contributed by atoms with Crippen LogP contribution in [0.5, 0.6) is 0 Å². The third kappa shape index (κ3) is 5.17. The first-order valence-corrected chi connectivity index (χ1v) is 11.9. The van der Waals surface area contributed by atoms with E-state index in [4.69, 9.17) is 4.98 Å². The molecule has 2 aliphatic rings. The molecule has 0 bridgehead atoms. The Hall–Kier alpha value is -3.39. The predicted molar refractivity (Wildman–Crippen MR) is 132 cm³/mol. The lowest BCUT2D eigenvalue weighted by atomic mass is 10.0. The van der Waals surface area contributed by atoms with E-state index in [1.54, 1.807) is 0 Å². The number of aryl methyl sites for hydroxylation is 1. The van der Waals surface area contributed by atoms with Gasteiger partial charge in [0.15, 0.2) is 0 Å². The van der Waals surface area contributed by atoms with Gasteiger partial charge in [0.2, 0.25) is 0 Å². The quantitative estimate of drug-likeness (QED) is 0.486. The van der Waals surface area contributed by atoms with E-state index >= 15 is 0 Å². The Bertz CT molecular complexity index is 1170. The molecule has 1 fully saturated rings. The maximum atomic E-state index is 4.79. The van der Waals surface area contributed by atoms with E-state index in [1.165, 1.54) is 31.5 Å². The van der Waals surface area contributed by atoms with Crippen LogP contribution in [0, 0.1) is 5.92 Å². The second-order valence-electron chi connectivity index (χ2n) is 9.10. The Kier molecular flexibility index (Phi) is 6.26. The summed E-state index contributed by atoms with van der Waals surface area (Å²) < 4.78 is 2.04. The molecular formula is C25H32N8. The Morgan fingerprint density at radius 2 is 1.94 bits per heavy atom. The first-order valence-electron chi connectivity index (χ1n) is 11.9. The van der Waals surface area contributed by atoms with Crippen LogP contribution in [0.3, 0.4) is 0 Å². The lowest BCUT2D eigenvalue weighted by Gasteiger charge is -2.20. The number of fused-ring (bicyclic) bond motifs is 1. The highest BCUT2D eigenvalue weighted by Crippen LogP contribution is 2.23. The zero-order valence-corrected chi connectivity index (χ0v) is 19.4. The van der Waals surface area contributed by atoms with Crippen molar-refractivity contribution < 1.29 is 0 Å². The maximum absolute atomic E-state index is 4.79. The van der Waals surface area contributed by atoms with Crippen LogP contribution in [-0.2, 0) is 6.54 Å². The molecule has 5 heterocycles. The van der Waals surface area contributed by atoms with Gasteiger partial charge in [-0.1, -0.05) is 13.8 Å². The highest BCUT2D eigenvalue weighted by molar-refractivity contribution is 5.81. The van der Waals surface area contributed by atoms with Crippen LogP contribution >= 0.6 is 0 Å². The third-order valence-corrected chi connectivity index (χ3v) is 6.25. The summed E-state index contributed by atoms with van der Waals surface area (Å²) in [7, 11) is 0. The van der Waals surface area contributed by atoms with E-state index in [1.807, 2.05) is 35.4 Å². The van der Waals surface area contributed by atoms with E-state index in [0.29, 0.717) is 5.92 Å². The average molecular weight is 445 g/mol. The van der Waals surface area contributed by atoms with Crippen LogP contribution in [0.4, 0.5) is 5.82 Å². The number of hydrazine groups is 1. The second-order valence-corrected chi connectivity index (χ2v) is 9.10. The number of nitrogens with zero attached hydrogens (tertiary/aromatic N) is 5. The molecule has 8 nitrogen and oxygen atoms in total. The van der Waals surface area contributed by atoms with Crippen LogP contribution in [0.2, 0.25) is 0 Å². The second kappa shape index (κ2) is 9.62. The molecule has 0 amide bonds. The van der Waals surface area contributed by atoms with Gasteiger partial charge in [0.05, 0.1) is 17.2 Å². The van der Waals surface area contributed by atoms with E-state index < -0.39 is 0 Å². The molecule has 0 aliphatic carbocycles. The molecule has 33 heavy (non-hydrogen) atoms. The first kappa shape index (κ1) is 21.5. The van der Waals surface area contributed by atoms with Crippen molar-refractivity contribution in [3.63, 3.8) is 0 Å². The first-order chi connectivity index (χ1) is 16.1. The summed E-state index contributed by atoms with van der Waals surface area (Å²) in [6.07, 6.45) is 13.8.